The van der Waals surface area contributed by atoms with E-state index >= 15 is 0 Å². The van der Waals surface area contributed by atoms with Crippen LogP contribution in [0.1, 0.15) is 32.4 Å². The van der Waals surface area contributed by atoms with E-state index in [1.807, 2.05) is 25.1 Å². The normalized spacial score (nSPS) is 13.6. The Hall–Kier alpha value is -0.900. The minimum Gasteiger partial charge on any atom is -0.383 e. The van der Waals surface area contributed by atoms with Gasteiger partial charge < -0.3 is 14.8 Å². The lowest BCUT2D eigenvalue weighted by Crippen LogP contribution is -2.40. The Morgan fingerprint density at radius 2 is 1.89 bits per heavy atom. The fraction of sp³-hybridized carbons (Fsp3) is 0.600. The van der Waals surface area contributed by atoms with Crippen molar-refractivity contribution in [2.24, 2.45) is 0 Å². The highest BCUT2D eigenvalue weighted by Crippen LogP contribution is 2.15. The number of benzene rings is 1. The van der Waals surface area contributed by atoms with Crippen LogP contribution in [0.25, 0.3) is 0 Å². The highest BCUT2D eigenvalue weighted by Gasteiger charge is 2.20. The first kappa shape index (κ1) is 15.2. The first-order chi connectivity index (χ1) is 8.59. The average molecular weight is 251 g/mol. The SMILES string of the molecule is CCOC(C)(C)CNC(COC)c1ccccc1. The van der Waals surface area contributed by atoms with E-state index in [9.17, 15) is 0 Å². The van der Waals surface area contributed by atoms with Crippen molar-refractivity contribution in [2.45, 2.75) is 32.4 Å². The van der Waals surface area contributed by atoms with E-state index in [-0.39, 0.29) is 11.6 Å². The lowest BCUT2D eigenvalue weighted by Gasteiger charge is -2.28. The minimum absolute atomic E-state index is 0.157. The zero-order valence-corrected chi connectivity index (χ0v) is 11.9. The lowest BCUT2D eigenvalue weighted by molar-refractivity contribution is -0.0124. The number of rotatable bonds is 8. The summed E-state index contributed by atoms with van der Waals surface area (Å²) in [5.74, 6) is 0. The maximum Gasteiger partial charge on any atom is 0.0750 e. The van der Waals surface area contributed by atoms with Gasteiger partial charge in [0.25, 0.3) is 0 Å². The van der Waals surface area contributed by atoms with Crippen molar-refractivity contribution >= 4 is 0 Å². The summed E-state index contributed by atoms with van der Waals surface area (Å²) in [7, 11) is 1.73. The molecule has 0 aliphatic heterocycles. The standard InChI is InChI=1S/C15H25NO2/c1-5-18-15(2,3)12-16-14(11-17-4)13-9-7-6-8-10-13/h6-10,14,16H,5,11-12H2,1-4H3. The van der Waals surface area contributed by atoms with Gasteiger partial charge in [-0.3, -0.25) is 0 Å². The van der Waals surface area contributed by atoms with Crippen LogP contribution in [-0.4, -0.2) is 32.5 Å². The molecule has 0 spiro atoms. The molecule has 0 radical (unpaired) electrons. The molecule has 3 heteroatoms. The van der Waals surface area contributed by atoms with Crippen molar-refractivity contribution < 1.29 is 9.47 Å². The van der Waals surface area contributed by atoms with Gasteiger partial charge in [-0.1, -0.05) is 30.3 Å². The number of methoxy groups -OCH3 is 1. The quantitative estimate of drug-likeness (QED) is 0.770. The molecule has 0 amide bonds. The summed E-state index contributed by atoms with van der Waals surface area (Å²) in [6.45, 7) is 8.40. The second-order valence-electron chi connectivity index (χ2n) is 4.99. The zero-order chi connectivity index (χ0) is 13.4. The van der Waals surface area contributed by atoms with Crippen LogP contribution in [0.15, 0.2) is 30.3 Å². The van der Waals surface area contributed by atoms with Gasteiger partial charge in [-0.05, 0) is 26.3 Å². The minimum atomic E-state index is -0.157. The van der Waals surface area contributed by atoms with Gasteiger partial charge in [-0.15, -0.1) is 0 Å². The van der Waals surface area contributed by atoms with Gasteiger partial charge in [0.15, 0.2) is 0 Å². The Kier molecular flexibility index (Phi) is 6.33. The van der Waals surface area contributed by atoms with Gasteiger partial charge in [-0.25, -0.2) is 0 Å². The van der Waals surface area contributed by atoms with Gasteiger partial charge in [0.1, 0.15) is 0 Å². The van der Waals surface area contributed by atoms with Crippen LogP contribution in [-0.2, 0) is 9.47 Å². The summed E-state index contributed by atoms with van der Waals surface area (Å²) in [5.41, 5.74) is 1.09. The molecule has 0 heterocycles. The van der Waals surface area contributed by atoms with Crippen LogP contribution in [0.4, 0.5) is 0 Å². The third-order valence-corrected chi connectivity index (χ3v) is 2.84. The number of nitrogens with one attached hydrogen (secondary N) is 1. The third-order valence-electron chi connectivity index (χ3n) is 2.84. The summed E-state index contributed by atoms with van der Waals surface area (Å²) < 4.78 is 11.0. The summed E-state index contributed by atoms with van der Waals surface area (Å²) in [4.78, 5) is 0. The monoisotopic (exact) mass is 251 g/mol. The molecule has 0 aromatic heterocycles. The molecule has 1 unspecified atom stereocenters. The smallest absolute Gasteiger partial charge is 0.0750 e. The molecule has 3 nitrogen and oxygen atoms in total. The van der Waals surface area contributed by atoms with E-state index in [0.29, 0.717) is 6.61 Å². The molecule has 1 atom stereocenters. The van der Waals surface area contributed by atoms with E-state index in [4.69, 9.17) is 9.47 Å². The molecule has 0 aliphatic rings. The topological polar surface area (TPSA) is 30.5 Å². The summed E-state index contributed by atoms with van der Waals surface area (Å²) in [6.07, 6.45) is 0. The highest BCUT2D eigenvalue weighted by atomic mass is 16.5. The van der Waals surface area contributed by atoms with E-state index in [1.54, 1.807) is 7.11 Å². The molecule has 1 rings (SSSR count). The molecule has 0 aliphatic carbocycles. The third kappa shape index (κ3) is 5.17. The largest absolute Gasteiger partial charge is 0.383 e. The highest BCUT2D eigenvalue weighted by molar-refractivity contribution is 5.19. The summed E-state index contributed by atoms with van der Waals surface area (Å²) in [6, 6.07) is 10.6. The zero-order valence-electron chi connectivity index (χ0n) is 11.9. The average Bonchev–Trinajstić information content (AvgIpc) is 2.35. The van der Waals surface area contributed by atoms with Crippen molar-refractivity contribution in [3.8, 4) is 0 Å². The molecule has 18 heavy (non-hydrogen) atoms. The van der Waals surface area contributed by atoms with Crippen molar-refractivity contribution in [1.82, 2.24) is 5.32 Å². The molecule has 102 valence electrons. The molecular weight excluding hydrogens is 226 g/mol. The fourth-order valence-electron chi connectivity index (χ4n) is 1.94. The molecular formula is C15H25NO2. The van der Waals surface area contributed by atoms with E-state index in [0.717, 1.165) is 13.2 Å². The summed E-state index contributed by atoms with van der Waals surface area (Å²) >= 11 is 0. The van der Waals surface area contributed by atoms with Crippen molar-refractivity contribution in [2.75, 3.05) is 26.9 Å². The Labute approximate surface area is 110 Å². The Morgan fingerprint density at radius 3 is 2.44 bits per heavy atom. The molecule has 1 aromatic rings. The van der Waals surface area contributed by atoms with Crippen LogP contribution in [0.5, 0.6) is 0 Å². The van der Waals surface area contributed by atoms with Crippen LogP contribution < -0.4 is 5.32 Å². The Bertz CT molecular complexity index is 325. The van der Waals surface area contributed by atoms with Crippen molar-refractivity contribution in [1.29, 1.82) is 0 Å². The van der Waals surface area contributed by atoms with Gasteiger partial charge in [0.05, 0.1) is 18.2 Å². The van der Waals surface area contributed by atoms with Gasteiger partial charge >= 0.3 is 0 Å². The molecule has 1 N–H and O–H groups in total. The number of ether oxygens (including phenoxy) is 2. The van der Waals surface area contributed by atoms with Crippen LogP contribution in [0.2, 0.25) is 0 Å². The molecule has 0 saturated carbocycles. The van der Waals surface area contributed by atoms with Gasteiger partial charge in [-0.2, -0.15) is 0 Å². The predicted octanol–water partition coefficient (Wildman–Crippen LogP) is 2.78. The van der Waals surface area contributed by atoms with E-state index < -0.39 is 0 Å². The van der Waals surface area contributed by atoms with Gasteiger partial charge in [0, 0.05) is 20.3 Å². The molecule has 0 saturated heterocycles. The van der Waals surface area contributed by atoms with Gasteiger partial charge in [0.2, 0.25) is 0 Å². The van der Waals surface area contributed by atoms with E-state index in [2.05, 4.69) is 31.3 Å². The summed E-state index contributed by atoms with van der Waals surface area (Å²) in [5, 5.41) is 3.51. The van der Waals surface area contributed by atoms with Crippen LogP contribution >= 0.6 is 0 Å². The van der Waals surface area contributed by atoms with Crippen LogP contribution in [0, 0.1) is 0 Å². The molecule has 1 aromatic carbocycles. The Balaban J connectivity index is 2.59. The van der Waals surface area contributed by atoms with Crippen LogP contribution in [0.3, 0.4) is 0 Å². The number of hydrogen-bond acceptors (Lipinski definition) is 3. The second kappa shape index (κ2) is 7.52. The Morgan fingerprint density at radius 1 is 1.22 bits per heavy atom. The predicted molar refractivity (Wildman–Crippen MR) is 74.8 cm³/mol. The molecule has 0 bridgehead atoms. The van der Waals surface area contributed by atoms with Crippen molar-refractivity contribution in [3.63, 3.8) is 0 Å². The fourth-order valence-corrected chi connectivity index (χ4v) is 1.94. The maximum absolute atomic E-state index is 5.69. The second-order valence-corrected chi connectivity index (χ2v) is 4.99. The lowest BCUT2D eigenvalue weighted by atomic mass is 10.1. The van der Waals surface area contributed by atoms with E-state index in [1.165, 1.54) is 5.56 Å². The maximum atomic E-state index is 5.69. The first-order valence-electron chi connectivity index (χ1n) is 6.50. The molecule has 0 fully saturated rings. The van der Waals surface area contributed by atoms with Crippen molar-refractivity contribution in [3.05, 3.63) is 35.9 Å². The number of hydrogen-bond donors (Lipinski definition) is 1. The first-order valence-corrected chi connectivity index (χ1v) is 6.50.